The molecule has 0 N–H and O–H groups in total. The van der Waals surface area contributed by atoms with Gasteiger partial charge in [0.15, 0.2) is 0 Å². The van der Waals surface area contributed by atoms with E-state index in [4.69, 9.17) is 0 Å². The van der Waals surface area contributed by atoms with Crippen LogP contribution in [0.2, 0.25) is 0 Å². The third-order valence-corrected chi connectivity index (χ3v) is 6.92. The maximum Gasteiger partial charge on any atom is 0.257 e. The van der Waals surface area contributed by atoms with Crippen LogP contribution in [0, 0.1) is 0 Å². The summed E-state index contributed by atoms with van der Waals surface area (Å²) in [7, 11) is 5.55. The molecule has 0 aliphatic carbocycles. The van der Waals surface area contributed by atoms with Crippen molar-refractivity contribution in [3.8, 4) is 0 Å². The maximum absolute atomic E-state index is 12.9. The molecule has 10 heteroatoms. The number of rotatable bonds is 3. The fourth-order valence-corrected chi connectivity index (χ4v) is 5.66. The summed E-state index contributed by atoms with van der Waals surface area (Å²) in [5.74, 6) is 0.635. The van der Waals surface area contributed by atoms with Crippen molar-refractivity contribution in [3.63, 3.8) is 0 Å². The van der Waals surface area contributed by atoms with E-state index < -0.39 is 0 Å². The largest absolute Gasteiger partial charge is 0.346 e. The number of anilines is 3. The van der Waals surface area contributed by atoms with E-state index in [1.807, 2.05) is 25.9 Å². The van der Waals surface area contributed by atoms with Crippen LogP contribution in [0.25, 0.3) is 0 Å². The molecule has 0 fully saturated rings. The highest BCUT2D eigenvalue weighted by molar-refractivity contribution is 7.17. The fraction of sp³-hybridized carbons (Fsp3) is 0.529. The topological polar surface area (TPSA) is 72.9 Å². The Balaban J connectivity index is 1.70. The summed E-state index contributed by atoms with van der Waals surface area (Å²) in [6.07, 6.45) is 0.767. The molecule has 2 amide bonds. The van der Waals surface area contributed by atoms with Crippen LogP contribution in [-0.4, -0.2) is 66.8 Å². The average molecular weight is 407 g/mol. The molecular formula is C17H22N6O2S2. The van der Waals surface area contributed by atoms with Gasteiger partial charge in [-0.2, -0.15) is 9.36 Å². The minimum absolute atomic E-state index is 0.0256. The van der Waals surface area contributed by atoms with E-state index in [0.29, 0.717) is 19.0 Å². The molecule has 2 aliphatic rings. The molecule has 2 aromatic heterocycles. The summed E-state index contributed by atoms with van der Waals surface area (Å²) in [5.41, 5.74) is 1.81. The molecule has 0 saturated carbocycles. The highest BCUT2D eigenvalue weighted by Gasteiger charge is 2.36. The van der Waals surface area contributed by atoms with Crippen LogP contribution in [0.3, 0.4) is 0 Å². The van der Waals surface area contributed by atoms with Gasteiger partial charge in [0, 0.05) is 50.6 Å². The highest BCUT2D eigenvalue weighted by Crippen LogP contribution is 2.42. The number of carbonyl (C=O) groups excluding carboxylic acids is 2. The third kappa shape index (κ3) is 2.96. The average Bonchev–Trinajstić information content (AvgIpc) is 3.24. The molecule has 0 aromatic carbocycles. The van der Waals surface area contributed by atoms with E-state index >= 15 is 0 Å². The van der Waals surface area contributed by atoms with Gasteiger partial charge in [-0.05, 0) is 18.9 Å². The van der Waals surface area contributed by atoms with E-state index in [9.17, 15) is 9.59 Å². The Bertz CT molecular complexity index is 905. The maximum atomic E-state index is 12.9. The number of hydrogen-bond donors (Lipinski definition) is 0. The van der Waals surface area contributed by atoms with Gasteiger partial charge >= 0.3 is 0 Å². The summed E-state index contributed by atoms with van der Waals surface area (Å²) in [4.78, 5) is 38.6. The van der Waals surface area contributed by atoms with Crippen LogP contribution in [-0.2, 0) is 17.8 Å². The van der Waals surface area contributed by atoms with Gasteiger partial charge in [0.05, 0.1) is 12.1 Å². The minimum Gasteiger partial charge on any atom is -0.346 e. The molecule has 0 bridgehead atoms. The number of nitrogens with zero attached hydrogens (tertiary/aromatic N) is 6. The Morgan fingerprint density at radius 3 is 2.67 bits per heavy atom. The van der Waals surface area contributed by atoms with Gasteiger partial charge < -0.3 is 19.6 Å². The Labute approximate surface area is 166 Å². The zero-order valence-corrected chi connectivity index (χ0v) is 17.5. The van der Waals surface area contributed by atoms with Crippen molar-refractivity contribution < 1.29 is 9.59 Å². The number of likely N-dealkylation sites (N-methyl/N-ethyl adjacent to an activating group) is 2. The predicted octanol–water partition coefficient (Wildman–Crippen LogP) is 1.67. The lowest BCUT2D eigenvalue weighted by Crippen LogP contribution is -2.37. The summed E-state index contributed by atoms with van der Waals surface area (Å²) in [6.45, 7) is 4.13. The molecule has 0 atom stereocenters. The van der Waals surface area contributed by atoms with Gasteiger partial charge in [-0.15, -0.1) is 11.3 Å². The van der Waals surface area contributed by atoms with Gasteiger partial charge in [-0.1, -0.05) is 0 Å². The van der Waals surface area contributed by atoms with E-state index in [-0.39, 0.29) is 18.4 Å². The second kappa shape index (κ2) is 6.75. The Hall–Kier alpha value is -2.20. The first-order chi connectivity index (χ1) is 12.9. The number of amides is 2. The van der Waals surface area contributed by atoms with E-state index in [0.717, 1.165) is 39.1 Å². The van der Waals surface area contributed by atoms with E-state index in [1.165, 1.54) is 16.4 Å². The minimum atomic E-state index is -0.0499. The van der Waals surface area contributed by atoms with Gasteiger partial charge in [0.1, 0.15) is 11.5 Å². The standard InChI is InChI=1S/C17H22N6O2S2/c1-5-23-12(24)9-21(4)14(25)13-10-6-7-22(8-11(10)26-15(13)23)17-18-16(19-27-17)20(2)3/h5-9H2,1-4H3. The van der Waals surface area contributed by atoms with Crippen LogP contribution in [0.4, 0.5) is 16.1 Å². The number of fused-ring (bicyclic) bond motifs is 3. The molecular weight excluding hydrogens is 384 g/mol. The van der Waals surface area contributed by atoms with Crippen molar-refractivity contribution in [2.24, 2.45) is 0 Å². The highest BCUT2D eigenvalue weighted by atomic mass is 32.1. The number of carbonyl (C=O) groups is 2. The van der Waals surface area contributed by atoms with Crippen molar-refractivity contribution in [2.75, 3.05) is 55.5 Å². The molecule has 2 aliphatic heterocycles. The van der Waals surface area contributed by atoms with Crippen LogP contribution in [0.5, 0.6) is 0 Å². The van der Waals surface area contributed by atoms with Crippen molar-refractivity contribution in [2.45, 2.75) is 19.9 Å². The lowest BCUT2D eigenvalue weighted by Gasteiger charge is -2.26. The first kappa shape index (κ1) is 18.2. The Morgan fingerprint density at radius 2 is 2.00 bits per heavy atom. The summed E-state index contributed by atoms with van der Waals surface area (Å²) in [6, 6.07) is 0. The molecule has 0 radical (unpaired) electrons. The zero-order chi connectivity index (χ0) is 19.3. The second-order valence-electron chi connectivity index (χ2n) is 6.93. The molecule has 4 heterocycles. The van der Waals surface area contributed by atoms with Gasteiger partial charge in [0.2, 0.25) is 17.0 Å². The molecule has 27 heavy (non-hydrogen) atoms. The molecule has 4 rings (SSSR count). The number of hydrogen-bond acceptors (Lipinski definition) is 8. The van der Waals surface area contributed by atoms with Crippen molar-refractivity contribution >= 4 is 50.8 Å². The smallest absolute Gasteiger partial charge is 0.257 e. The third-order valence-electron chi connectivity index (χ3n) is 4.91. The van der Waals surface area contributed by atoms with Gasteiger partial charge in [0.25, 0.3) is 5.91 Å². The predicted molar refractivity (Wildman–Crippen MR) is 108 cm³/mol. The van der Waals surface area contributed by atoms with Gasteiger partial charge in [-0.3, -0.25) is 9.59 Å². The fourth-order valence-electron chi connectivity index (χ4n) is 3.47. The van der Waals surface area contributed by atoms with Crippen molar-refractivity contribution in [3.05, 3.63) is 16.0 Å². The SMILES string of the molecule is CCN1C(=O)CN(C)C(=O)c2c1sc1c2CCN(c2nc(N(C)C)ns2)C1. The van der Waals surface area contributed by atoms with Crippen LogP contribution in [0.1, 0.15) is 27.7 Å². The lowest BCUT2D eigenvalue weighted by atomic mass is 10.0. The quantitative estimate of drug-likeness (QED) is 0.772. The van der Waals surface area contributed by atoms with Crippen LogP contribution in [0.15, 0.2) is 0 Å². The molecule has 2 aromatic rings. The van der Waals surface area contributed by atoms with E-state index in [1.54, 1.807) is 23.3 Å². The molecule has 0 unspecified atom stereocenters. The van der Waals surface area contributed by atoms with Crippen LogP contribution < -0.4 is 14.7 Å². The Kier molecular flexibility index (Phi) is 4.55. The first-order valence-electron chi connectivity index (χ1n) is 8.87. The van der Waals surface area contributed by atoms with E-state index in [2.05, 4.69) is 14.3 Å². The monoisotopic (exact) mass is 406 g/mol. The normalized spacial score (nSPS) is 17.1. The van der Waals surface area contributed by atoms with Gasteiger partial charge in [-0.25, -0.2) is 0 Å². The molecule has 8 nitrogen and oxygen atoms in total. The number of thiophene rings is 1. The lowest BCUT2D eigenvalue weighted by molar-refractivity contribution is -0.118. The summed E-state index contributed by atoms with van der Waals surface area (Å²) >= 11 is 2.96. The molecule has 0 saturated heterocycles. The molecule has 0 spiro atoms. The summed E-state index contributed by atoms with van der Waals surface area (Å²) in [5, 5.41) is 1.69. The number of aromatic nitrogens is 2. The molecule has 144 valence electrons. The first-order valence-corrected chi connectivity index (χ1v) is 10.5. The second-order valence-corrected chi connectivity index (χ2v) is 8.74. The van der Waals surface area contributed by atoms with Crippen molar-refractivity contribution in [1.82, 2.24) is 14.3 Å². The summed E-state index contributed by atoms with van der Waals surface area (Å²) < 4.78 is 4.39. The van der Waals surface area contributed by atoms with Crippen LogP contribution >= 0.6 is 22.9 Å². The van der Waals surface area contributed by atoms with Crippen molar-refractivity contribution in [1.29, 1.82) is 0 Å². The zero-order valence-electron chi connectivity index (χ0n) is 15.9. The Morgan fingerprint density at radius 1 is 1.22 bits per heavy atom.